The van der Waals surface area contributed by atoms with Gasteiger partial charge in [-0.3, -0.25) is 4.79 Å². The van der Waals surface area contributed by atoms with Crippen molar-refractivity contribution in [1.29, 1.82) is 0 Å². The Bertz CT molecular complexity index is 349. The van der Waals surface area contributed by atoms with Crippen LogP contribution < -0.4 is 10.5 Å². The van der Waals surface area contributed by atoms with Crippen LogP contribution >= 0.6 is 0 Å². The van der Waals surface area contributed by atoms with E-state index in [4.69, 9.17) is 10.5 Å². The van der Waals surface area contributed by atoms with Crippen LogP contribution in [0.4, 0.5) is 5.69 Å². The number of methoxy groups -OCH3 is 1. The molecule has 0 saturated heterocycles. The Labute approximate surface area is 74.5 Å². The minimum absolute atomic E-state index is 0.0579. The number of nitrogens with zero attached hydrogens (tertiary/aromatic N) is 1. The summed E-state index contributed by atoms with van der Waals surface area (Å²) >= 11 is 0. The molecule has 0 heterocycles. The highest BCUT2D eigenvalue weighted by Crippen LogP contribution is 2.30. The zero-order valence-corrected chi connectivity index (χ0v) is 6.98. The molecule has 1 aromatic rings. The van der Waals surface area contributed by atoms with Gasteiger partial charge in [-0.15, -0.1) is 4.91 Å². The molecule has 0 spiro atoms. The van der Waals surface area contributed by atoms with Gasteiger partial charge >= 0.3 is 0 Å². The lowest BCUT2D eigenvalue weighted by atomic mass is 10.1. The number of hydrogen-bond donors (Lipinski definition) is 1. The van der Waals surface area contributed by atoms with Crippen molar-refractivity contribution < 1.29 is 9.53 Å². The Hall–Kier alpha value is -1.91. The summed E-state index contributed by atoms with van der Waals surface area (Å²) in [5.74, 6) is -0.459. The first-order chi connectivity index (χ1) is 6.20. The Morgan fingerprint density at radius 2 is 2.23 bits per heavy atom. The van der Waals surface area contributed by atoms with Gasteiger partial charge in [0.15, 0.2) is 5.69 Å². The molecule has 68 valence electrons. The number of benzene rings is 1. The summed E-state index contributed by atoms with van der Waals surface area (Å²) < 4.78 is 4.83. The molecule has 0 fully saturated rings. The fraction of sp³-hybridized carbons (Fsp3) is 0.125. The monoisotopic (exact) mass is 180 g/mol. The van der Waals surface area contributed by atoms with Crippen molar-refractivity contribution in [3.8, 4) is 5.75 Å². The van der Waals surface area contributed by atoms with E-state index in [0.717, 1.165) is 0 Å². The van der Waals surface area contributed by atoms with Crippen molar-refractivity contribution in [2.45, 2.75) is 0 Å². The molecule has 0 bridgehead atoms. The van der Waals surface area contributed by atoms with E-state index < -0.39 is 5.91 Å². The number of carbonyl (C=O) groups is 1. The van der Waals surface area contributed by atoms with E-state index in [2.05, 4.69) is 5.18 Å². The van der Waals surface area contributed by atoms with Crippen LogP contribution in [-0.4, -0.2) is 13.0 Å². The van der Waals surface area contributed by atoms with Crippen molar-refractivity contribution in [2.75, 3.05) is 7.11 Å². The van der Waals surface area contributed by atoms with Crippen LogP contribution in [0.1, 0.15) is 10.4 Å². The third kappa shape index (κ3) is 1.64. The summed E-state index contributed by atoms with van der Waals surface area (Å²) in [7, 11) is 1.38. The zero-order chi connectivity index (χ0) is 9.84. The Morgan fingerprint density at radius 1 is 1.54 bits per heavy atom. The third-order valence-corrected chi connectivity index (χ3v) is 1.58. The second-order valence-corrected chi connectivity index (χ2v) is 2.31. The van der Waals surface area contributed by atoms with Crippen molar-refractivity contribution in [2.24, 2.45) is 10.9 Å². The van der Waals surface area contributed by atoms with E-state index in [1.54, 1.807) is 6.07 Å². The molecule has 0 radical (unpaired) electrons. The smallest absolute Gasteiger partial charge is 0.251 e. The second-order valence-electron chi connectivity index (χ2n) is 2.31. The summed E-state index contributed by atoms with van der Waals surface area (Å²) in [6.45, 7) is 0. The lowest BCUT2D eigenvalue weighted by Crippen LogP contribution is -2.11. The number of amides is 1. The summed E-state index contributed by atoms with van der Waals surface area (Å²) in [6, 6.07) is 4.51. The van der Waals surface area contributed by atoms with Crippen LogP contribution in [-0.2, 0) is 0 Å². The van der Waals surface area contributed by atoms with Gasteiger partial charge in [-0.2, -0.15) is 0 Å². The quantitative estimate of drug-likeness (QED) is 0.709. The first kappa shape index (κ1) is 9.18. The van der Waals surface area contributed by atoms with E-state index in [1.807, 2.05) is 0 Å². The first-order valence-corrected chi connectivity index (χ1v) is 3.51. The van der Waals surface area contributed by atoms with Gasteiger partial charge in [-0.1, -0.05) is 6.07 Å². The topological polar surface area (TPSA) is 81.8 Å². The average molecular weight is 180 g/mol. The molecule has 5 heteroatoms. The van der Waals surface area contributed by atoms with Gasteiger partial charge in [-0.25, -0.2) is 0 Å². The van der Waals surface area contributed by atoms with Gasteiger partial charge in [0.25, 0.3) is 5.91 Å². The van der Waals surface area contributed by atoms with Gasteiger partial charge in [-0.05, 0) is 17.3 Å². The standard InChI is InChI=1S/C8H8N2O3/c1-13-6-4-2-3-5(8(9)11)7(6)10-12/h2-4H,1H3,(H2,9,11). The lowest BCUT2D eigenvalue weighted by molar-refractivity contribution is 0.100. The van der Waals surface area contributed by atoms with Crippen molar-refractivity contribution in [3.63, 3.8) is 0 Å². The number of hydrogen-bond acceptors (Lipinski definition) is 4. The summed E-state index contributed by atoms with van der Waals surface area (Å²) in [4.78, 5) is 21.2. The van der Waals surface area contributed by atoms with Crippen LogP contribution in [0.2, 0.25) is 0 Å². The lowest BCUT2D eigenvalue weighted by Gasteiger charge is -2.04. The van der Waals surface area contributed by atoms with Crippen molar-refractivity contribution in [1.82, 2.24) is 0 Å². The number of nitroso groups, excluding NO2 is 1. The van der Waals surface area contributed by atoms with Gasteiger partial charge in [0.1, 0.15) is 5.75 Å². The highest BCUT2D eigenvalue weighted by Gasteiger charge is 2.13. The average Bonchev–Trinajstić information content (AvgIpc) is 2.16. The molecule has 0 atom stereocenters. The number of nitrogens with two attached hydrogens (primary N) is 1. The molecule has 1 amide bonds. The van der Waals surface area contributed by atoms with Gasteiger partial charge in [0.2, 0.25) is 0 Å². The highest BCUT2D eigenvalue weighted by molar-refractivity contribution is 5.99. The zero-order valence-electron chi connectivity index (χ0n) is 6.98. The molecule has 2 N–H and O–H groups in total. The highest BCUT2D eigenvalue weighted by atomic mass is 16.5. The van der Waals surface area contributed by atoms with Gasteiger partial charge in [0, 0.05) is 0 Å². The minimum Gasteiger partial charge on any atom is -0.494 e. The normalized spacial score (nSPS) is 9.31. The predicted octanol–water partition coefficient (Wildman–Crippen LogP) is 1.19. The molecule has 0 aliphatic heterocycles. The van der Waals surface area contributed by atoms with Crippen molar-refractivity contribution >= 4 is 11.6 Å². The molecule has 5 nitrogen and oxygen atoms in total. The molecule has 1 aromatic carbocycles. The van der Waals surface area contributed by atoms with E-state index >= 15 is 0 Å². The van der Waals surface area contributed by atoms with Gasteiger partial charge < -0.3 is 10.5 Å². The summed E-state index contributed by atoms with van der Waals surface area (Å²) in [5.41, 5.74) is 5.03. The summed E-state index contributed by atoms with van der Waals surface area (Å²) in [6.07, 6.45) is 0. The maximum atomic E-state index is 10.8. The number of carbonyl (C=O) groups excluding carboxylic acids is 1. The molecule has 0 unspecified atom stereocenters. The minimum atomic E-state index is -0.700. The Balaban J connectivity index is 3.35. The SMILES string of the molecule is COc1cccc(C(N)=O)c1N=O. The van der Waals surface area contributed by atoms with E-state index in [1.165, 1.54) is 19.2 Å². The molecule has 0 aliphatic carbocycles. The van der Waals surface area contributed by atoms with Gasteiger partial charge in [0.05, 0.1) is 12.7 Å². The third-order valence-electron chi connectivity index (χ3n) is 1.58. The second kappa shape index (κ2) is 3.66. The van der Waals surface area contributed by atoms with Crippen LogP contribution in [0, 0.1) is 4.91 Å². The Morgan fingerprint density at radius 3 is 2.69 bits per heavy atom. The number of ether oxygens (including phenoxy) is 1. The Kier molecular flexibility index (Phi) is 2.59. The molecule has 0 saturated carbocycles. The molecule has 0 aromatic heterocycles. The van der Waals surface area contributed by atoms with Crippen LogP contribution in [0.3, 0.4) is 0 Å². The van der Waals surface area contributed by atoms with Crippen molar-refractivity contribution in [3.05, 3.63) is 28.7 Å². The first-order valence-electron chi connectivity index (χ1n) is 3.51. The van der Waals surface area contributed by atoms with Crippen LogP contribution in [0.25, 0.3) is 0 Å². The fourth-order valence-corrected chi connectivity index (χ4v) is 0.980. The maximum absolute atomic E-state index is 10.8. The fourth-order valence-electron chi connectivity index (χ4n) is 0.980. The summed E-state index contributed by atoms with van der Waals surface area (Å²) in [5, 5.41) is 2.69. The van der Waals surface area contributed by atoms with E-state index in [9.17, 15) is 9.70 Å². The predicted molar refractivity (Wildman–Crippen MR) is 47.0 cm³/mol. The molecule has 13 heavy (non-hydrogen) atoms. The number of primary amides is 1. The number of rotatable bonds is 3. The van der Waals surface area contributed by atoms with E-state index in [-0.39, 0.29) is 17.0 Å². The van der Waals surface area contributed by atoms with Crippen LogP contribution in [0.5, 0.6) is 5.75 Å². The molecular weight excluding hydrogens is 172 g/mol. The molecular formula is C8H8N2O3. The molecule has 1 rings (SSSR count). The largest absolute Gasteiger partial charge is 0.494 e. The molecule has 0 aliphatic rings. The van der Waals surface area contributed by atoms with E-state index in [0.29, 0.717) is 0 Å². The maximum Gasteiger partial charge on any atom is 0.251 e. The van der Waals surface area contributed by atoms with Crippen LogP contribution in [0.15, 0.2) is 23.4 Å².